The van der Waals surface area contributed by atoms with Gasteiger partial charge in [-0.1, -0.05) is 42.6 Å². The number of nitriles is 1. The number of rotatable bonds is 7. The molecule has 0 atom stereocenters. The summed E-state index contributed by atoms with van der Waals surface area (Å²) in [5.41, 5.74) is -6.70. The maximum absolute atomic E-state index is 16.5. The van der Waals surface area contributed by atoms with Crippen LogP contribution in [-0.4, -0.2) is 34.5 Å². The Kier molecular flexibility index (Phi) is 9.76. The summed E-state index contributed by atoms with van der Waals surface area (Å²) in [5.74, 6) is -5.61. The summed E-state index contributed by atoms with van der Waals surface area (Å²) in [6.07, 6.45) is -5.27. The average Bonchev–Trinajstić information content (AvgIpc) is 3.75. The van der Waals surface area contributed by atoms with Crippen molar-refractivity contribution in [3.63, 3.8) is 0 Å². The quantitative estimate of drug-likeness (QED) is 0.119. The van der Waals surface area contributed by atoms with Gasteiger partial charge < -0.3 is 9.58 Å². The molecule has 0 unspecified atom stereocenters. The number of anilines is 3. The molecule has 0 radical (unpaired) electrons. The summed E-state index contributed by atoms with van der Waals surface area (Å²) in [6.45, 7) is 7.17. The van der Waals surface area contributed by atoms with Gasteiger partial charge in [-0.25, -0.2) is 5.10 Å². The van der Waals surface area contributed by atoms with E-state index in [9.17, 15) is 26.3 Å². The van der Waals surface area contributed by atoms with Crippen LogP contribution < -0.4 is 4.90 Å². The topological polar surface area (TPSA) is 106 Å². The number of hydrogen-bond acceptors (Lipinski definition) is 7. The van der Waals surface area contributed by atoms with Crippen LogP contribution in [0, 0.1) is 30.3 Å². The zero-order valence-electron chi connectivity index (χ0n) is 24.9. The molecule has 0 saturated carbocycles. The van der Waals surface area contributed by atoms with Crippen molar-refractivity contribution in [2.24, 2.45) is 0 Å². The first-order valence-corrected chi connectivity index (χ1v) is 13.8. The summed E-state index contributed by atoms with van der Waals surface area (Å²) in [4.78, 5) is 15.6. The van der Waals surface area contributed by atoms with Gasteiger partial charge in [-0.15, -0.1) is 0 Å². The van der Waals surface area contributed by atoms with Crippen molar-refractivity contribution >= 4 is 22.7 Å². The van der Waals surface area contributed by atoms with Crippen LogP contribution >= 0.6 is 0 Å². The Labute approximate surface area is 296 Å². The third-order valence-corrected chi connectivity index (χ3v) is 6.83. The molecule has 6 aromatic rings. The molecule has 0 N–H and O–H groups in total. The van der Waals surface area contributed by atoms with Gasteiger partial charge in [0.05, 0.1) is 23.8 Å². The standard InChI is InChI=1S/C32H14F8N10.Pt/c1-42-23-18-48(47-28(23)32(38,39)40)26-15-22(50(20-8-4-2-5-9-20)21-10-6-3-7-11-21)14-25(44-26)30(33,34)24-12-13-43-29(45-24)49-17-19(16-41)27(46-49)31(35,36)37;/h2-15H;/q-2;+2. The van der Waals surface area contributed by atoms with Gasteiger partial charge in [0.2, 0.25) is 0 Å². The molecule has 0 fully saturated rings. The van der Waals surface area contributed by atoms with Crippen LogP contribution in [0.5, 0.6) is 0 Å². The first kappa shape index (κ1) is 36.3. The SMILES string of the molecule is [C-]#[N+]c1[c-]n(-c2cc(N(c3ccccc3)c3ccccc3)cc(C(F)(F)c3ccnc(-n4[c-]c(C#N)c(C(F)(F)F)n4)n3)n2)nc1C(F)(F)F.[Pt+2]. The minimum Gasteiger partial charge on any atom is -0.356 e. The van der Waals surface area contributed by atoms with Crippen molar-refractivity contribution in [1.82, 2.24) is 34.5 Å². The fourth-order valence-electron chi connectivity index (χ4n) is 4.67. The van der Waals surface area contributed by atoms with Crippen LogP contribution in [-0.2, 0) is 39.3 Å². The van der Waals surface area contributed by atoms with Gasteiger partial charge in [0.25, 0.3) is 0 Å². The van der Waals surface area contributed by atoms with Crippen LogP contribution in [0.15, 0.2) is 85.1 Å². The average molecular weight is 886 g/mol. The van der Waals surface area contributed by atoms with Crippen molar-refractivity contribution in [2.75, 3.05) is 4.90 Å². The van der Waals surface area contributed by atoms with Gasteiger partial charge in [0.1, 0.15) is 17.1 Å². The van der Waals surface area contributed by atoms with E-state index in [0.717, 1.165) is 24.4 Å². The third kappa shape index (κ3) is 7.18. The summed E-state index contributed by atoms with van der Waals surface area (Å²) >= 11 is 0. The molecule has 0 aliphatic carbocycles. The van der Waals surface area contributed by atoms with Crippen molar-refractivity contribution < 1.29 is 56.2 Å². The Hall–Kier alpha value is -6.00. The van der Waals surface area contributed by atoms with E-state index in [1.165, 1.54) is 11.0 Å². The van der Waals surface area contributed by atoms with Crippen molar-refractivity contribution in [1.29, 1.82) is 5.26 Å². The van der Waals surface area contributed by atoms with Crippen LogP contribution in [0.2, 0.25) is 0 Å². The Balaban J connectivity index is 0.00000504. The van der Waals surface area contributed by atoms with Gasteiger partial charge in [-0.2, -0.15) is 35.1 Å². The normalized spacial score (nSPS) is 11.7. The molecule has 2 aromatic carbocycles. The molecule has 0 aliphatic heterocycles. The number of hydrogen-bond donors (Lipinski definition) is 0. The molecule has 6 rings (SSSR count). The van der Waals surface area contributed by atoms with E-state index in [1.54, 1.807) is 60.7 Å². The monoisotopic (exact) mass is 885 g/mol. The van der Waals surface area contributed by atoms with Gasteiger partial charge >= 0.3 is 39.3 Å². The van der Waals surface area contributed by atoms with E-state index in [-0.39, 0.29) is 31.4 Å². The minimum absolute atomic E-state index is 0. The van der Waals surface area contributed by atoms with Gasteiger partial charge in [-0.3, -0.25) is 34.8 Å². The Bertz CT molecular complexity index is 2230. The smallest absolute Gasteiger partial charge is 0.356 e. The predicted octanol–water partition coefficient (Wildman–Crippen LogP) is 7.91. The molecule has 258 valence electrons. The second kappa shape index (κ2) is 13.7. The zero-order valence-corrected chi connectivity index (χ0v) is 27.2. The minimum atomic E-state index is -5.09. The molecular formula is C32H14F8N10Pt. The van der Waals surface area contributed by atoms with Crippen LogP contribution in [0.3, 0.4) is 0 Å². The van der Waals surface area contributed by atoms with Crippen LogP contribution in [0.25, 0.3) is 16.6 Å². The van der Waals surface area contributed by atoms with E-state index < -0.39 is 64.1 Å². The summed E-state index contributed by atoms with van der Waals surface area (Å²) in [6, 6.07) is 20.7. The molecule has 19 heteroatoms. The summed E-state index contributed by atoms with van der Waals surface area (Å²) in [7, 11) is 0. The number of nitrogens with zero attached hydrogens (tertiary/aromatic N) is 10. The van der Waals surface area contributed by atoms with Crippen molar-refractivity contribution in [3.05, 3.63) is 137 Å². The molecule has 0 saturated heterocycles. The number of halogens is 8. The maximum Gasteiger partial charge on any atom is 2.00 e. The first-order valence-electron chi connectivity index (χ1n) is 13.8. The number of pyridine rings is 1. The fraction of sp³-hybridized carbons (Fsp3) is 0.0938. The molecule has 0 amide bonds. The molecule has 0 spiro atoms. The molecule has 4 aromatic heterocycles. The zero-order chi connectivity index (χ0) is 35.8. The van der Waals surface area contributed by atoms with Crippen molar-refractivity contribution in [2.45, 2.75) is 18.3 Å². The van der Waals surface area contributed by atoms with E-state index in [4.69, 9.17) is 11.8 Å². The molecule has 0 bridgehead atoms. The molecule has 4 heterocycles. The molecular weight excluding hydrogens is 871 g/mol. The predicted molar refractivity (Wildman–Crippen MR) is 157 cm³/mol. The largest absolute Gasteiger partial charge is 2.00 e. The van der Waals surface area contributed by atoms with E-state index >= 15 is 8.78 Å². The summed E-state index contributed by atoms with van der Waals surface area (Å²) in [5, 5.41) is 15.7. The number of alkyl halides is 8. The number of benzene rings is 2. The van der Waals surface area contributed by atoms with Gasteiger partial charge in [-0.05, 0) is 60.3 Å². The number of aromatic nitrogens is 7. The van der Waals surface area contributed by atoms with E-state index in [1.807, 2.05) is 6.20 Å². The van der Waals surface area contributed by atoms with Crippen molar-refractivity contribution in [3.8, 4) is 17.8 Å². The first-order chi connectivity index (χ1) is 23.7. The Morgan fingerprint density at radius 1 is 0.725 bits per heavy atom. The molecule has 0 aliphatic rings. The second-order valence-electron chi connectivity index (χ2n) is 10.1. The fourth-order valence-corrected chi connectivity index (χ4v) is 4.67. The summed E-state index contributed by atoms with van der Waals surface area (Å²) < 4.78 is 115. The molecule has 10 nitrogen and oxygen atoms in total. The second-order valence-corrected chi connectivity index (χ2v) is 10.1. The Morgan fingerprint density at radius 2 is 1.31 bits per heavy atom. The molecule has 51 heavy (non-hydrogen) atoms. The van der Waals surface area contributed by atoms with Gasteiger partial charge in [0.15, 0.2) is 5.95 Å². The van der Waals surface area contributed by atoms with E-state index in [0.29, 0.717) is 16.1 Å². The van der Waals surface area contributed by atoms with Crippen LogP contribution in [0.1, 0.15) is 28.3 Å². The maximum atomic E-state index is 16.5. The van der Waals surface area contributed by atoms with Gasteiger partial charge in [0, 0.05) is 23.3 Å². The van der Waals surface area contributed by atoms with Crippen LogP contribution in [0.4, 0.5) is 57.9 Å². The number of para-hydroxylation sites is 2. The third-order valence-electron chi connectivity index (χ3n) is 6.83. The Morgan fingerprint density at radius 3 is 1.82 bits per heavy atom. The van der Waals surface area contributed by atoms with E-state index in [2.05, 4.69) is 36.2 Å².